The lowest BCUT2D eigenvalue weighted by Gasteiger charge is -2.25. The molecule has 3 fully saturated rings. The molecule has 0 bridgehead atoms. The summed E-state index contributed by atoms with van der Waals surface area (Å²) in [5.41, 5.74) is 1.11. The number of ether oxygens (including phenoxy) is 1. The quantitative estimate of drug-likeness (QED) is 0.658. The molecule has 0 radical (unpaired) electrons. The fourth-order valence-corrected chi connectivity index (χ4v) is 5.77. The van der Waals surface area contributed by atoms with Gasteiger partial charge in [-0.1, -0.05) is 25.2 Å². The Morgan fingerprint density at radius 3 is 3.06 bits per heavy atom. The molecule has 16 heavy (non-hydrogen) atoms. The van der Waals surface area contributed by atoms with Gasteiger partial charge in [-0.05, 0) is 42.4 Å². The van der Waals surface area contributed by atoms with Crippen molar-refractivity contribution in [2.24, 2.45) is 28.6 Å². The van der Waals surface area contributed by atoms with Crippen molar-refractivity contribution in [3.8, 4) is 0 Å². The number of hydrogen-bond donors (Lipinski definition) is 0. The molecule has 4 aliphatic carbocycles. The first-order chi connectivity index (χ1) is 7.76. The molecule has 6 atom stereocenters. The van der Waals surface area contributed by atoms with Crippen LogP contribution in [0.5, 0.6) is 0 Å². The van der Waals surface area contributed by atoms with Gasteiger partial charge < -0.3 is 4.74 Å². The normalized spacial score (nSPS) is 59.8. The molecule has 0 saturated heterocycles. The van der Waals surface area contributed by atoms with E-state index in [0.29, 0.717) is 16.9 Å². The molecular formula is C15H20O. The summed E-state index contributed by atoms with van der Waals surface area (Å²) in [6, 6.07) is 0. The third kappa shape index (κ3) is 0.702. The summed E-state index contributed by atoms with van der Waals surface area (Å²) < 4.78 is 6.08. The second-order valence-electron chi connectivity index (χ2n) is 6.31. The monoisotopic (exact) mass is 216 g/mol. The molecule has 1 heteroatoms. The molecule has 86 valence electrons. The van der Waals surface area contributed by atoms with E-state index in [9.17, 15) is 0 Å². The Hall–Kier alpha value is -0.560. The van der Waals surface area contributed by atoms with E-state index < -0.39 is 0 Å². The lowest BCUT2D eigenvalue weighted by Crippen LogP contribution is -2.27. The van der Waals surface area contributed by atoms with Gasteiger partial charge in [0.05, 0.1) is 12.7 Å². The van der Waals surface area contributed by atoms with Crippen molar-refractivity contribution in [2.75, 3.05) is 6.61 Å². The molecule has 0 aromatic rings. The molecule has 4 aliphatic rings. The maximum atomic E-state index is 6.08. The van der Waals surface area contributed by atoms with Crippen LogP contribution in [0.1, 0.15) is 26.2 Å². The molecule has 1 nitrogen and oxygen atoms in total. The summed E-state index contributed by atoms with van der Waals surface area (Å²) >= 11 is 0. The summed E-state index contributed by atoms with van der Waals surface area (Å²) in [6.07, 6.45) is 11.5. The standard InChI is InChI=1S/C15H20O/c1-3-8-16-13-7-5-11-9-10-4-6-12-14(10,2)15(11,12)13/h3-4,6,10-13H,1,5,7-9H2,2H3/t10-,11+,12+,13-,14?,15+/m1/s1. The van der Waals surface area contributed by atoms with E-state index in [2.05, 4.69) is 25.7 Å². The average molecular weight is 216 g/mol. The van der Waals surface area contributed by atoms with Crippen molar-refractivity contribution < 1.29 is 4.74 Å². The molecule has 1 spiro atoms. The predicted molar refractivity (Wildman–Crippen MR) is 63.9 cm³/mol. The maximum Gasteiger partial charge on any atom is 0.0649 e. The number of hydrogen-bond acceptors (Lipinski definition) is 1. The van der Waals surface area contributed by atoms with E-state index in [-0.39, 0.29) is 0 Å². The van der Waals surface area contributed by atoms with Crippen molar-refractivity contribution in [1.29, 1.82) is 0 Å². The zero-order valence-corrected chi connectivity index (χ0v) is 9.99. The van der Waals surface area contributed by atoms with Gasteiger partial charge in [0, 0.05) is 5.41 Å². The SMILES string of the molecule is C=CCO[C@@H]1CC[C@H]2C[C@H]3C=C[C@H]4C3(C)[C@]214. The van der Waals surface area contributed by atoms with Crippen LogP contribution < -0.4 is 0 Å². The van der Waals surface area contributed by atoms with E-state index in [0.717, 1.165) is 24.4 Å². The highest BCUT2D eigenvalue weighted by Gasteiger charge is 2.86. The van der Waals surface area contributed by atoms with Crippen molar-refractivity contribution >= 4 is 0 Å². The van der Waals surface area contributed by atoms with Gasteiger partial charge in [-0.25, -0.2) is 0 Å². The predicted octanol–water partition coefficient (Wildman–Crippen LogP) is 3.18. The first-order valence-corrected chi connectivity index (χ1v) is 6.67. The highest BCUT2D eigenvalue weighted by atomic mass is 16.5. The van der Waals surface area contributed by atoms with Crippen molar-refractivity contribution in [2.45, 2.75) is 32.3 Å². The van der Waals surface area contributed by atoms with Gasteiger partial charge >= 0.3 is 0 Å². The van der Waals surface area contributed by atoms with E-state index in [1.807, 2.05) is 6.08 Å². The molecule has 0 amide bonds. The largest absolute Gasteiger partial charge is 0.374 e. The van der Waals surface area contributed by atoms with Crippen molar-refractivity contribution in [3.63, 3.8) is 0 Å². The minimum atomic E-state index is 0.514. The molecule has 0 aromatic heterocycles. The summed E-state index contributed by atoms with van der Waals surface area (Å²) in [6.45, 7) is 7.01. The fraction of sp³-hybridized carbons (Fsp3) is 0.733. The number of rotatable bonds is 3. The Morgan fingerprint density at radius 2 is 2.31 bits per heavy atom. The molecule has 4 rings (SSSR count). The van der Waals surface area contributed by atoms with Gasteiger partial charge in [0.2, 0.25) is 0 Å². The highest BCUT2D eigenvalue weighted by molar-refractivity contribution is 5.42. The third-order valence-corrected chi connectivity index (χ3v) is 6.26. The van der Waals surface area contributed by atoms with Crippen LogP contribution in [0.3, 0.4) is 0 Å². The van der Waals surface area contributed by atoms with Crippen LogP contribution in [0.15, 0.2) is 24.8 Å². The second kappa shape index (κ2) is 2.64. The van der Waals surface area contributed by atoms with E-state index in [1.54, 1.807) is 0 Å². The topological polar surface area (TPSA) is 9.23 Å². The third-order valence-electron chi connectivity index (χ3n) is 6.26. The van der Waals surface area contributed by atoms with Gasteiger partial charge in [0.15, 0.2) is 0 Å². The van der Waals surface area contributed by atoms with Crippen LogP contribution in [-0.4, -0.2) is 12.7 Å². The first kappa shape index (κ1) is 9.47. The van der Waals surface area contributed by atoms with E-state index >= 15 is 0 Å². The van der Waals surface area contributed by atoms with Crippen molar-refractivity contribution in [1.82, 2.24) is 0 Å². The lowest BCUT2D eigenvalue weighted by molar-refractivity contribution is 0.0149. The minimum absolute atomic E-state index is 0.514. The average Bonchev–Trinajstić information content (AvgIpc) is 2.50. The summed E-state index contributed by atoms with van der Waals surface area (Å²) in [7, 11) is 0. The lowest BCUT2D eigenvalue weighted by atomic mass is 9.87. The summed E-state index contributed by atoms with van der Waals surface area (Å²) in [5.74, 6) is 2.64. The van der Waals surface area contributed by atoms with Gasteiger partial charge in [0.25, 0.3) is 0 Å². The zero-order valence-electron chi connectivity index (χ0n) is 9.99. The molecule has 0 aliphatic heterocycles. The fourth-order valence-electron chi connectivity index (χ4n) is 5.77. The van der Waals surface area contributed by atoms with Gasteiger partial charge in [-0.3, -0.25) is 0 Å². The Kier molecular flexibility index (Phi) is 1.56. The second-order valence-corrected chi connectivity index (χ2v) is 6.31. The summed E-state index contributed by atoms with van der Waals surface area (Å²) in [5, 5.41) is 0. The Balaban J connectivity index is 1.70. The van der Waals surface area contributed by atoms with Gasteiger partial charge in [0.1, 0.15) is 0 Å². The van der Waals surface area contributed by atoms with Crippen LogP contribution in [0.4, 0.5) is 0 Å². The van der Waals surface area contributed by atoms with Crippen LogP contribution in [-0.2, 0) is 4.74 Å². The van der Waals surface area contributed by atoms with Gasteiger partial charge in [-0.2, -0.15) is 0 Å². The van der Waals surface area contributed by atoms with Crippen LogP contribution in [0.2, 0.25) is 0 Å². The Bertz CT molecular complexity index is 385. The Morgan fingerprint density at radius 1 is 1.44 bits per heavy atom. The molecule has 0 N–H and O–H groups in total. The molecular weight excluding hydrogens is 196 g/mol. The summed E-state index contributed by atoms with van der Waals surface area (Å²) in [4.78, 5) is 0. The molecule has 3 saturated carbocycles. The van der Waals surface area contributed by atoms with Crippen LogP contribution >= 0.6 is 0 Å². The van der Waals surface area contributed by atoms with Crippen LogP contribution in [0.25, 0.3) is 0 Å². The molecule has 0 aromatic carbocycles. The van der Waals surface area contributed by atoms with E-state index in [4.69, 9.17) is 4.74 Å². The Labute approximate surface area is 97.6 Å². The molecule has 1 unspecified atom stereocenters. The zero-order chi connectivity index (χ0) is 11.0. The maximum absolute atomic E-state index is 6.08. The number of allylic oxidation sites excluding steroid dienone is 2. The van der Waals surface area contributed by atoms with E-state index in [1.165, 1.54) is 19.3 Å². The smallest absolute Gasteiger partial charge is 0.0649 e. The molecule has 0 heterocycles. The van der Waals surface area contributed by atoms with Crippen molar-refractivity contribution in [3.05, 3.63) is 24.8 Å². The van der Waals surface area contributed by atoms with Crippen LogP contribution in [0, 0.1) is 28.6 Å². The first-order valence-electron chi connectivity index (χ1n) is 6.67. The minimum Gasteiger partial charge on any atom is -0.374 e. The highest BCUT2D eigenvalue weighted by Crippen LogP contribution is 2.88. The van der Waals surface area contributed by atoms with Gasteiger partial charge in [-0.15, -0.1) is 6.58 Å².